The topological polar surface area (TPSA) is 54.3 Å². The normalized spacial score (nSPS) is 12.5. The van der Waals surface area contributed by atoms with E-state index in [0.717, 1.165) is 15.8 Å². The van der Waals surface area contributed by atoms with Gasteiger partial charge in [-0.05, 0) is 23.1 Å². The summed E-state index contributed by atoms with van der Waals surface area (Å²) in [5, 5.41) is 14.9. The average Bonchev–Trinajstić information content (AvgIpc) is 3.09. The van der Waals surface area contributed by atoms with E-state index in [-0.39, 0.29) is 12.5 Å². The quantitative estimate of drug-likeness (QED) is 0.778. The van der Waals surface area contributed by atoms with Crippen molar-refractivity contribution in [1.29, 1.82) is 0 Å². The lowest BCUT2D eigenvalue weighted by Crippen LogP contribution is -2.29. The number of carbonyl (C=O) groups is 1. The first-order valence-corrected chi connectivity index (χ1v) is 7.59. The summed E-state index contributed by atoms with van der Waals surface area (Å²) in [6.45, 7) is 0.196. The van der Waals surface area contributed by atoms with E-state index in [2.05, 4.69) is 5.32 Å². The molecule has 3 rings (SSSR count). The van der Waals surface area contributed by atoms with E-state index < -0.39 is 6.10 Å². The van der Waals surface area contributed by atoms with Gasteiger partial charge in [0.15, 0.2) is 0 Å². The van der Waals surface area contributed by atoms with Gasteiger partial charge in [0.2, 0.25) is 0 Å². The highest BCUT2D eigenvalue weighted by molar-refractivity contribution is 7.17. The summed E-state index contributed by atoms with van der Waals surface area (Å²) in [4.78, 5) is 12.2. The van der Waals surface area contributed by atoms with Crippen molar-refractivity contribution in [2.24, 2.45) is 7.05 Å². The second-order valence-electron chi connectivity index (χ2n) is 4.90. The number of benzene rings is 1. The molecule has 0 saturated heterocycles. The highest BCUT2D eigenvalue weighted by Gasteiger charge is 2.15. The molecular formula is C16H16N2O2S. The van der Waals surface area contributed by atoms with Crippen LogP contribution in [-0.4, -0.2) is 22.1 Å². The predicted octanol–water partition coefficient (Wildman–Crippen LogP) is 2.70. The van der Waals surface area contributed by atoms with Crippen LogP contribution in [0.1, 0.15) is 22.2 Å². The Kier molecular flexibility index (Phi) is 3.77. The Morgan fingerprint density at radius 2 is 2.10 bits per heavy atom. The standard InChI is InChI=1S/C16H16N2O2S/c1-18-12-7-8-21-15(12)9-13(18)16(20)17-10-14(19)11-5-3-2-4-6-11/h2-9,14,19H,10H2,1H3,(H,17,20). The third kappa shape index (κ3) is 2.70. The van der Waals surface area contributed by atoms with Gasteiger partial charge in [0.25, 0.3) is 5.91 Å². The summed E-state index contributed by atoms with van der Waals surface area (Å²) in [6.07, 6.45) is -0.698. The van der Waals surface area contributed by atoms with Crippen molar-refractivity contribution in [3.63, 3.8) is 0 Å². The lowest BCUT2D eigenvalue weighted by Gasteiger charge is -2.12. The SMILES string of the molecule is Cn1c(C(=O)NCC(O)c2ccccc2)cc2sccc21. The molecule has 4 nitrogen and oxygen atoms in total. The van der Waals surface area contributed by atoms with Gasteiger partial charge in [-0.3, -0.25) is 4.79 Å². The maximum Gasteiger partial charge on any atom is 0.268 e. The Balaban J connectivity index is 1.69. The van der Waals surface area contributed by atoms with Gasteiger partial charge in [-0.15, -0.1) is 11.3 Å². The minimum Gasteiger partial charge on any atom is -0.387 e. The van der Waals surface area contributed by atoms with E-state index in [0.29, 0.717) is 5.69 Å². The van der Waals surface area contributed by atoms with E-state index >= 15 is 0 Å². The first kappa shape index (κ1) is 13.9. The summed E-state index contributed by atoms with van der Waals surface area (Å²) < 4.78 is 2.96. The maximum absolute atomic E-state index is 12.2. The maximum atomic E-state index is 12.2. The zero-order valence-electron chi connectivity index (χ0n) is 11.6. The number of carbonyl (C=O) groups excluding carboxylic acids is 1. The fourth-order valence-electron chi connectivity index (χ4n) is 2.34. The lowest BCUT2D eigenvalue weighted by atomic mass is 10.1. The van der Waals surface area contributed by atoms with Crippen molar-refractivity contribution in [3.8, 4) is 0 Å². The minimum atomic E-state index is -0.698. The van der Waals surface area contributed by atoms with Crippen molar-refractivity contribution in [2.45, 2.75) is 6.10 Å². The molecule has 1 atom stereocenters. The van der Waals surface area contributed by atoms with Gasteiger partial charge in [-0.1, -0.05) is 30.3 Å². The number of hydrogen-bond acceptors (Lipinski definition) is 3. The molecule has 0 aliphatic carbocycles. The van der Waals surface area contributed by atoms with E-state index in [1.807, 2.05) is 59.5 Å². The van der Waals surface area contributed by atoms with Gasteiger partial charge in [0.1, 0.15) is 5.69 Å². The zero-order chi connectivity index (χ0) is 14.8. The van der Waals surface area contributed by atoms with Crippen LogP contribution in [-0.2, 0) is 7.05 Å². The highest BCUT2D eigenvalue weighted by atomic mass is 32.1. The van der Waals surface area contributed by atoms with E-state index in [1.54, 1.807) is 11.3 Å². The van der Waals surface area contributed by atoms with Crippen molar-refractivity contribution in [1.82, 2.24) is 9.88 Å². The number of rotatable bonds is 4. The average molecular weight is 300 g/mol. The van der Waals surface area contributed by atoms with Crippen molar-refractivity contribution < 1.29 is 9.90 Å². The second-order valence-corrected chi connectivity index (χ2v) is 5.84. The molecule has 0 fully saturated rings. The first-order chi connectivity index (χ1) is 10.2. The molecule has 108 valence electrons. The van der Waals surface area contributed by atoms with Crippen LogP contribution in [0, 0.1) is 0 Å². The Labute approximate surface area is 126 Å². The number of nitrogens with one attached hydrogen (secondary N) is 1. The number of aliphatic hydroxyl groups is 1. The molecule has 0 spiro atoms. The van der Waals surface area contributed by atoms with Crippen molar-refractivity contribution >= 4 is 27.5 Å². The molecule has 3 aromatic rings. The summed E-state index contributed by atoms with van der Waals surface area (Å²) in [5.41, 5.74) is 2.46. The molecule has 1 amide bonds. The summed E-state index contributed by atoms with van der Waals surface area (Å²) in [5.74, 6) is -0.170. The van der Waals surface area contributed by atoms with Gasteiger partial charge >= 0.3 is 0 Å². The molecule has 1 unspecified atom stereocenters. The monoisotopic (exact) mass is 300 g/mol. The molecule has 0 aliphatic heterocycles. The van der Waals surface area contributed by atoms with E-state index in [9.17, 15) is 9.90 Å². The van der Waals surface area contributed by atoms with E-state index in [1.165, 1.54) is 0 Å². The fraction of sp³-hybridized carbons (Fsp3) is 0.188. The number of hydrogen-bond donors (Lipinski definition) is 2. The fourth-order valence-corrected chi connectivity index (χ4v) is 3.19. The number of aryl methyl sites for hydroxylation is 1. The van der Waals surface area contributed by atoms with Gasteiger partial charge < -0.3 is 15.0 Å². The molecule has 21 heavy (non-hydrogen) atoms. The molecule has 0 aliphatic rings. The van der Waals surface area contributed by atoms with Gasteiger partial charge in [-0.25, -0.2) is 0 Å². The molecule has 0 radical (unpaired) electrons. The van der Waals surface area contributed by atoms with E-state index in [4.69, 9.17) is 0 Å². The van der Waals surface area contributed by atoms with Crippen LogP contribution >= 0.6 is 11.3 Å². The van der Waals surface area contributed by atoms with Gasteiger partial charge in [0.05, 0.1) is 16.3 Å². The Morgan fingerprint density at radius 3 is 2.81 bits per heavy atom. The number of nitrogens with zero attached hydrogens (tertiary/aromatic N) is 1. The minimum absolute atomic E-state index is 0.170. The number of amides is 1. The van der Waals surface area contributed by atoms with Crippen LogP contribution in [0.15, 0.2) is 47.8 Å². The molecular weight excluding hydrogens is 284 g/mol. The molecule has 1 aromatic carbocycles. The number of aliphatic hydroxyl groups excluding tert-OH is 1. The molecule has 2 N–H and O–H groups in total. The third-order valence-corrected chi connectivity index (χ3v) is 4.39. The summed E-state index contributed by atoms with van der Waals surface area (Å²) in [7, 11) is 1.87. The van der Waals surface area contributed by atoms with Crippen LogP contribution in [0.25, 0.3) is 10.2 Å². The van der Waals surface area contributed by atoms with Crippen molar-refractivity contribution in [2.75, 3.05) is 6.54 Å². The van der Waals surface area contributed by atoms with Crippen molar-refractivity contribution in [3.05, 3.63) is 59.1 Å². The smallest absolute Gasteiger partial charge is 0.268 e. The van der Waals surface area contributed by atoms with Crippen LogP contribution in [0.5, 0.6) is 0 Å². The second kappa shape index (κ2) is 5.71. The Bertz CT molecular complexity index is 761. The lowest BCUT2D eigenvalue weighted by molar-refractivity contribution is 0.0908. The van der Waals surface area contributed by atoms with Crippen LogP contribution in [0.4, 0.5) is 0 Å². The van der Waals surface area contributed by atoms with Crippen LogP contribution < -0.4 is 5.32 Å². The predicted molar refractivity (Wildman–Crippen MR) is 84.5 cm³/mol. The highest BCUT2D eigenvalue weighted by Crippen LogP contribution is 2.24. The van der Waals surface area contributed by atoms with Crippen LogP contribution in [0.2, 0.25) is 0 Å². The molecule has 2 heterocycles. The number of aromatic nitrogens is 1. The Morgan fingerprint density at radius 1 is 1.33 bits per heavy atom. The molecule has 0 saturated carbocycles. The number of thiophene rings is 1. The summed E-state index contributed by atoms with van der Waals surface area (Å²) >= 11 is 1.61. The molecule has 0 bridgehead atoms. The van der Waals surface area contributed by atoms with Crippen LogP contribution in [0.3, 0.4) is 0 Å². The van der Waals surface area contributed by atoms with Gasteiger partial charge in [-0.2, -0.15) is 0 Å². The third-order valence-electron chi connectivity index (χ3n) is 3.54. The molecule has 5 heteroatoms. The molecule has 2 aromatic heterocycles. The van der Waals surface area contributed by atoms with Gasteiger partial charge in [0, 0.05) is 13.6 Å². The Hall–Kier alpha value is -2.11. The first-order valence-electron chi connectivity index (χ1n) is 6.71. The largest absolute Gasteiger partial charge is 0.387 e. The zero-order valence-corrected chi connectivity index (χ0v) is 12.4. The summed E-state index contributed by atoms with van der Waals surface area (Å²) in [6, 6.07) is 13.2. The number of fused-ring (bicyclic) bond motifs is 1.